The fourth-order valence-corrected chi connectivity index (χ4v) is 1.97. The molecule has 1 unspecified atom stereocenters. The maximum absolute atomic E-state index is 10.0. The van der Waals surface area contributed by atoms with Gasteiger partial charge in [-0.2, -0.15) is 0 Å². The fourth-order valence-electron chi connectivity index (χ4n) is 1.97. The third-order valence-corrected chi connectivity index (χ3v) is 3.33. The Morgan fingerprint density at radius 1 is 0.818 bits per heavy atom. The maximum Gasteiger partial charge on any atom is 0.0777 e. The van der Waals surface area contributed by atoms with Crippen LogP contribution in [-0.2, 0) is 9.68 Å². The molecule has 0 aromatic heterocycles. The highest BCUT2D eigenvalue weighted by molar-refractivity contribution is 4.56. The van der Waals surface area contributed by atoms with Crippen molar-refractivity contribution in [3.8, 4) is 0 Å². The van der Waals surface area contributed by atoms with Gasteiger partial charge in [0.2, 0.25) is 0 Å². The zero-order chi connectivity index (χ0) is 16.5. The first-order chi connectivity index (χ1) is 10.7. The Labute approximate surface area is 134 Å². The molecule has 0 saturated carbocycles. The quantitative estimate of drug-likeness (QED) is 0.281. The van der Waals surface area contributed by atoms with Gasteiger partial charge in [0.05, 0.1) is 25.9 Å². The minimum Gasteiger partial charge on any atom is -0.396 e. The Morgan fingerprint density at radius 2 is 1.41 bits per heavy atom. The molecule has 0 aliphatic rings. The summed E-state index contributed by atoms with van der Waals surface area (Å²) < 4.78 is 0. The molecule has 0 fully saturated rings. The van der Waals surface area contributed by atoms with Crippen LogP contribution in [0.2, 0.25) is 0 Å². The van der Waals surface area contributed by atoms with Crippen molar-refractivity contribution in [3.63, 3.8) is 0 Å². The Hall–Kier alpha value is -0.240. The Kier molecular flexibility index (Phi) is 16.9. The smallest absolute Gasteiger partial charge is 0.0777 e. The van der Waals surface area contributed by atoms with Crippen molar-refractivity contribution in [2.75, 3.05) is 33.0 Å². The molecule has 0 aliphatic carbocycles. The first kappa shape index (κ1) is 21.8. The molecule has 6 heteroatoms. The number of aliphatic hydroxyl groups is 3. The number of nitrogens with zero attached hydrogens (tertiary/aromatic N) is 1. The molecule has 1 atom stereocenters. The second kappa shape index (κ2) is 17.1. The van der Waals surface area contributed by atoms with Gasteiger partial charge in [-0.25, -0.2) is 0 Å². The van der Waals surface area contributed by atoms with E-state index < -0.39 is 6.10 Å². The lowest BCUT2D eigenvalue weighted by Gasteiger charge is -2.23. The summed E-state index contributed by atoms with van der Waals surface area (Å²) in [5, 5.41) is 28.9. The van der Waals surface area contributed by atoms with Gasteiger partial charge in [0.15, 0.2) is 0 Å². The van der Waals surface area contributed by atoms with Gasteiger partial charge in [-0.05, 0) is 32.1 Å². The molecule has 0 aliphatic heterocycles. The molecule has 134 valence electrons. The van der Waals surface area contributed by atoms with Crippen LogP contribution in [0.15, 0.2) is 0 Å². The highest BCUT2D eigenvalue weighted by Gasteiger charge is 2.13. The summed E-state index contributed by atoms with van der Waals surface area (Å²) in [5.74, 6) is 0. The molecule has 0 aromatic rings. The molecule has 0 amide bonds. The van der Waals surface area contributed by atoms with E-state index >= 15 is 0 Å². The van der Waals surface area contributed by atoms with Crippen molar-refractivity contribution >= 4 is 0 Å². The normalized spacial score (nSPS) is 13.0. The second-order valence-corrected chi connectivity index (χ2v) is 5.55. The topological polar surface area (TPSA) is 82.4 Å². The number of hydrogen-bond acceptors (Lipinski definition) is 6. The van der Waals surface area contributed by atoms with E-state index in [9.17, 15) is 5.11 Å². The minimum absolute atomic E-state index is 0.154. The van der Waals surface area contributed by atoms with Crippen LogP contribution in [-0.4, -0.2) is 59.6 Å². The van der Waals surface area contributed by atoms with E-state index in [4.69, 9.17) is 19.9 Å². The average Bonchev–Trinajstić information content (AvgIpc) is 2.52. The Bertz CT molecular complexity index is 207. The number of unbranched alkanes of at least 4 members (excludes halogenated alkanes) is 5. The minimum atomic E-state index is -0.465. The Balaban J connectivity index is 3.91. The van der Waals surface area contributed by atoms with Crippen LogP contribution in [0.3, 0.4) is 0 Å². The van der Waals surface area contributed by atoms with Crippen LogP contribution in [0.4, 0.5) is 0 Å². The van der Waals surface area contributed by atoms with E-state index in [0.717, 1.165) is 32.1 Å². The molecule has 0 radical (unpaired) electrons. The van der Waals surface area contributed by atoms with Gasteiger partial charge in [-0.3, -0.25) is 9.68 Å². The maximum atomic E-state index is 10.0. The highest BCUT2D eigenvalue weighted by atomic mass is 16.9. The van der Waals surface area contributed by atoms with E-state index in [2.05, 4.69) is 6.92 Å². The number of aliphatic hydroxyl groups excluding tert-OH is 3. The molecule has 0 bridgehead atoms. The molecule has 0 spiro atoms. The molecule has 3 N–H and O–H groups in total. The van der Waals surface area contributed by atoms with Gasteiger partial charge in [0.25, 0.3) is 0 Å². The molecule has 0 aromatic carbocycles. The van der Waals surface area contributed by atoms with Crippen LogP contribution >= 0.6 is 0 Å². The predicted octanol–water partition coefficient (Wildman–Crippen LogP) is 2.03. The summed E-state index contributed by atoms with van der Waals surface area (Å²) in [6, 6.07) is 0. The van der Waals surface area contributed by atoms with E-state index in [1.807, 2.05) is 0 Å². The van der Waals surface area contributed by atoms with E-state index in [1.165, 1.54) is 18.1 Å². The van der Waals surface area contributed by atoms with Gasteiger partial charge in [-0.1, -0.05) is 37.8 Å². The van der Waals surface area contributed by atoms with Crippen LogP contribution in [0.1, 0.15) is 64.7 Å². The third-order valence-electron chi connectivity index (χ3n) is 3.33. The summed E-state index contributed by atoms with van der Waals surface area (Å²) in [6.07, 6.45) is 7.70. The van der Waals surface area contributed by atoms with Crippen LogP contribution in [0.5, 0.6) is 0 Å². The van der Waals surface area contributed by atoms with Gasteiger partial charge < -0.3 is 15.3 Å². The number of rotatable bonds is 17. The summed E-state index contributed by atoms with van der Waals surface area (Å²) in [4.78, 5) is 11.0. The average molecular weight is 321 g/mol. The standard InChI is InChI=1S/C16H35NO5/c1-2-3-4-5-10-16(20)15-17(21-13-8-6-11-18)22-14-9-7-12-19/h16,18-20H,2-15H2,1H3. The van der Waals surface area contributed by atoms with Crippen molar-refractivity contribution in [1.29, 1.82) is 0 Å². The second-order valence-electron chi connectivity index (χ2n) is 5.55. The van der Waals surface area contributed by atoms with Gasteiger partial charge in [0.1, 0.15) is 0 Å². The van der Waals surface area contributed by atoms with Gasteiger partial charge in [-0.15, -0.1) is 0 Å². The lowest BCUT2D eigenvalue weighted by atomic mass is 10.1. The molecule has 6 nitrogen and oxygen atoms in total. The highest BCUT2D eigenvalue weighted by Crippen LogP contribution is 2.08. The zero-order valence-corrected chi connectivity index (χ0v) is 14.1. The number of hydrogen-bond donors (Lipinski definition) is 3. The third kappa shape index (κ3) is 14.7. The predicted molar refractivity (Wildman–Crippen MR) is 86.0 cm³/mol. The van der Waals surface area contributed by atoms with Gasteiger partial charge >= 0.3 is 0 Å². The summed E-state index contributed by atoms with van der Waals surface area (Å²) in [5.41, 5.74) is 0. The largest absolute Gasteiger partial charge is 0.396 e. The molecular formula is C16H35NO5. The van der Waals surface area contributed by atoms with Crippen molar-refractivity contribution in [2.45, 2.75) is 70.8 Å². The summed E-state index contributed by atoms with van der Waals surface area (Å²) in [6.45, 7) is 3.72. The van der Waals surface area contributed by atoms with Crippen molar-refractivity contribution in [3.05, 3.63) is 0 Å². The van der Waals surface area contributed by atoms with Crippen molar-refractivity contribution in [1.82, 2.24) is 5.23 Å². The monoisotopic (exact) mass is 321 g/mol. The molecule has 0 saturated heterocycles. The van der Waals surface area contributed by atoms with E-state index in [0.29, 0.717) is 32.6 Å². The molecule has 0 rings (SSSR count). The van der Waals surface area contributed by atoms with Crippen LogP contribution < -0.4 is 0 Å². The first-order valence-electron chi connectivity index (χ1n) is 8.67. The zero-order valence-electron chi connectivity index (χ0n) is 14.1. The SMILES string of the molecule is CCCCCCC(O)CN(OCCCCO)OCCCCO. The number of hydroxylamine groups is 2. The Morgan fingerprint density at radius 3 is 1.91 bits per heavy atom. The lowest BCUT2D eigenvalue weighted by molar-refractivity contribution is -0.375. The van der Waals surface area contributed by atoms with Crippen LogP contribution in [0, 0.1) is 0 Å². The summed E-state index contributed by atoms with van der Waals surface area (Å²) in [7, 11) is 0. The van der Waals surface area contributed by atoms with Crippen LogP contribution in [0.25, 0.3) is 0 Å². The van der Waals surface area contributed by atoms with Crippen molar-refractivity contribution in [2.24, 2.45) is 0 Å². The molecule has 22 heavy (non-hydrogen) atoms. The van der Waals surface area contributed by atoms with E-state index in [-0.39, 0.29) is 13.2 Å². The van der Waals surface area contributed by atoms with Crippen molar-refractivity contribution < 1.29 is 25.0 Å². The van der Waals surface area contributed by atoms with E-state index in [1.54, 1.807) is 0 Å². The first-order valence-corrected chi connectivity index (χ1v) is 8.67. The summed E-state index contributed by atoms with van der Waals surface area (Å²) >= 11 is 0. The fraction of sp³-hybridized carbons (Fsp3) is 1.00. The van der Waals surface area contributed by atoms with Gasteiger partial charge in [0, 0.05) is 13.2 Å². The lowest BCUT2D eigenvalue weighted by Crippen LogP contribution is -2.33. The molecule has 0 heterocycles. The molecular weight excluding hydrogens is 286 g/mol.